The number of hydrogen-bond donors (Lipinski definition) is 8. The molecule has 14 heteroatoms. The molecule has 12 nitrogen and oxygen atoms in total. The van der Waals surface area contributed by atoms with Crippen LogP contribution >= 0.6 is 16.5 Å². The highest BCUT2D eigenvalue weighted by atomic mass is 31.1. The van der Waals surface area contributed by atoms with Crippen LogP contribution in [0.1, 0.15) is 0 Å². The lowest BCUT2D eigenvalue weighted by Gasteiger charge is -2.07. The van der Waals surface area contributed by atoms with Gasteiger partial charge >= 0.3 is 28.4 Å². The van der Waals surface area contributed by atoms with Crippen LogP contribution in [-0.4, -0.2) is 64.1 Å². The van der Waals surface area contributed by atoms with E-state index in [1.54, 1.807) is 0 Å². The molecule has 0 rings (SSSR count). The van der Waals surface area contributed by atoms with E-state index in [9.17, 15) is 9.59 Å². The molecule has 8 N–H and O–H groups in total. The fourth-order valence-corrected chi connectivity index (χ4v) is 0.270. The van der Waals surface area contributed by atoms with E-state index in [4.69, 9.17) is 49.1 Å². The monoisotopic (exact) mass is 312 g/mol. The second-order valence-corrected chi connectivity index (χ2v) is 3.08. The maximum atomic E-state index is 9.77. The zero-order valence-electron chi connectivity index (χ0n) is 8.26. The molecule has 0 aromatic heterocycles. The molecule has 0 aromatic carbocycles. The summed E-state index contributed by atoms with van der Waals surface area (Å²) in [5.74, 6) is -3.54. The molecule has 0 aliphatic carbocycles. The number of aliphatic hydroxyl groups is 2. The number of aliphatic hydroxyl groups excluding tert-OH is 2. The molecule has 0 bridgehead atoms. The average Bonchev–Trinajstić information content (AvgIpc) is 2.13. The van der Waals surface area contributed by atoms with E-state index in [-0.39, 0.29) is 0 Å². The van der Waals surface area contributed by atoms with Crippen molar-refractivity contribution in [3.05, 3.63) is 0 Å². The van der Waals surface area contributed by atoms with Crippen LogP contribution in [0.4, 0.5) is 0 Å². The van der Waals surface area contributed by atoms with Crippen molar-refractivity contribution >= 4 is 28.4 Å². The van der Waals surface area contributed by atoms with Crippen LogP contribution in [0.25, 0.3) is 0 Å². The first-order chi connectivity index (χ1) is 7.93. The van der Waals surface area contributed by atoms with Crippen molar-refractivity contribution in [3.63, 3.8) is 0 Å². The van der Waals surface area contributed by atoms with Crippen LogP contribution in [0, 0.1) is 0 Å². The van der Waals surface area contributed by atoms with Crippen molar-refractivity contribution in [2.75, 3.05) is 0 Å². The first kappa shape index (κ1) is 22.1. The van der Waals surface area contributed by atoms with Gasteiger partial charge in [-0.15, -0.1) is 19.6 Å². The molecule has 2 atom stereocenters. The maximum Gasteiger partial charge on any atom is 0.692 e. The Bertz CT molecular complexity index is 262. The van der Waals surface area contributed by atoms with Crippen molar-refractivity contribution < 1.29 is 58.7 Å². The minimum atomic E-state index is -2.87. The summed E-state index contributed by atoms with van der Waals surface area (Å²) in [4.78, 5) is 48.0. The quantitative estimate of drug-likeness (QED) is 0.246. The minimum absolute atomic E-state index is 1.77. The predicted molar refractivity (Wildman–Crippen MR) is 51.4 cm³/mol. The third-order valence-electron chi connectivity index (χ3n) is 0.805. The summed E-state index contributed by atoms with van der Waals surface area (Å²) in [5.41, 5.74) is 0. The highest BCUT2D eigenvalue weighted by molar-refractivity contribution is 7.31. The van der Waals surface area contributed by atoms with Crippen molar-refractivity contribution in [1.29, 1.82) is 0 Å². The lowest BCUT2D eigenvalue weighted by molar-refractivity contribution is -0.165. The fraction of sp³-hybridized carbons (Fsp3) is 0.500. The van der Waals surface area contributed by atoms with Gasteiger partial charge in [-0.1, -0.05) is 0 Å². The molecule has 0 aliphatic rings. The molecule has 0 saturated heterocycles. The van der Waals surface area contributed by atoms with Crippen LogP contribution < -0.4 is 0 Å². The average molecular weight is 312 g/mol. The van der Waals surface area contributed by atoms with Crippen LogP contribution in [-0.2, 0) is 18.7 Å². The van der Waals surface area contributed by atoms with Crippen molar-refractivity contribution in [3.8, 4) is 0 Å². The summed E-state index contributed by atoms with van der Waals surface area (Å²) < 4.78 is 17.4. The van der Waals surface area contributed by atoms with Gasteiger partial charge < -0.3 is 20.4 Å². The number of carboxylic acids is 2. The van der Waals surface area contributed by atoms with Gasteiger partial charge in [0, 0.05) is 9.13 Å². The van der Waals surface area contributed by atoms with E-state index in [1.807, 2.05) is 0 Å². The van der Waals surface area contributed by atoms with Gasteiger partial charge in [0.05, 0.1) is 0 Å². The van der Waals surface area contributed by atoms with E-state index < -0.39 is 40.7 Å². The largest absolute Gasteiger partial charge is 0.692 e. The smallest absolute Gasteiger partial charge is 0.479 e. The Morgan fingerprint density at radius 1 is 0.722 bits per heavy atom. The van der Waals surface area contributed by atoms with Gasteiger partial charge in [-0.05, 0) is 0 Å². The highest BCUT2D eigenvalue weighted by Gasteiger charge is 2.29. The van der Waals surface area contributed by atoms with Crippen LogP contribution in [0.3, 0.4) is 0 Å². The summed E-state index contributed by atoms with van der Waals surface area (Å²) >= 11 is 0. The first-order valence-electron chi connectivity index (χ1n) is 3.45. The van der Waals surface area contributed by atoms with Crippen molar-refractivity contribution in [1.82, 2.24) is 0 Å². The minimum Gasteiger partial charge on any atom is -0.479 e. The molecule has 106 valence electrons. The summed E-state index contributed by atoms with van der Waals surface area (Å²) in [7, 11) is -5.74. The molecule has 0 aliphatic heterocycles. The summed E-state index contributed by atoms with van der Waals surface area (Å²) in [6.45, 7) is 0. The Kier molecular flexibility index (Phi) is 15.2. The Labute approximate surface area is 100 Å². The SMILES string of the molecule is O=C(O)C(O)C(O)C(=O)O.O=[P+](O)O.O=[P+](O)O. The number of carbonyl (C=O) groups is 2. The molecular weight excluding hydrogens is 302 g/mol. The molecule has 0 heterocycles. The number of aliphatic carboxylic acids is 2. The fourth-order valence-electron chi connectivity index (χ4n) is 0.270. The first-order valence-corrected chi connectivity index (χ1v) is 5.78. The molecule has 0 aromatic rings. The zero-order valence-corrected chi connectivity index (χ0v) is 10.0. The molecule has 18 heavy (non-hydrogen) atoms. The number of hydrogen-bond acceptors (Lipinski definition) is 6. The van der Waals surface area contributed by atoms with Gasteiger partial charge in [-0.3, -0.25) is 0 Å². The van der Waals surface area contributed by atoms with E-state index in [2.05, 4.69) is 0 Å². The molecule has 0 amide bonds. The molecule has 0 fully saturated rings. The van der Waals surface area contributed by atoms with Crippen LogP contribution in [0.2, 0.25) is 0 Å². The predicted octanol–water partition coefficient (Wildman–Crippen LogP) is -2.87. The second kappa shape index (κ2) is 12.4. The maximum absolute atomic E-state index is 9.77. The number of carboxylic acid groups (broad SMARTS) is 2. The van der Waals surface area contributed by atoms with E-state index in [0.29, 0.717) is 0 Å². The normalized spacial score (nSPS) is 11.7. The summed E-state index contributed by atoms with van der Waals surface area (Å²) in [5, 5.41) is 32.5. The molecule has 0 spiro atoms. The number of rotatable bonds is 3. The molecule has 2 unspecified atom stereocenters. The van der Waals surface area contributed by atoms with E-state index in [0.717, 1.165) is 0 Å². The zero-order chi connectivity index (χ0) is 15.5. The van der Waals surface area contributed by atoms with Gasteiger partial charge in [0.15, 0.2) is 12.2 Å². The molecular formula is C4H10O12P2+2. The second-order valence-electron chi connectivity index (χ2n) is 2.07. The third-order valence-corrected chi connectivity index (χ3v) is 0.805. The third kappa shape index (κ3) is 24.2. The molecule has 0 radical (unpaired) electrons. The Hall–Kier alpha value is -1.10. The highest BCUT2D eigenvalue weighted by Crippen LogP contribution is 1.99. The van der Waals surface area contributed by atoms with E-state index in [1.165, 1.54) is 0 Å². The Morgan fingerprint density at radius 3 is 0.889 bits per heavy atom. The van der Waals surface area contributed by atoms with Gasteiger partial charge in [-0.25, -0.2) is 9.59 Å². The lowest BCUT2D eigenvalue weighted by Crippen LogP contribution is -2.39. The summed E-state index contributed by atoms with van der Waals surface area (Å²) in [6.07, 6.45) is -4.53. The lowest BCUT2D eigenvalue weighted by atomic mass is 10.2. The van der Waals surface area contributed by atoms with Crippen molar-refractivity contribution in [2.45, 2.75) is 12.2 Å². The van der Waals surface area contributed by atoms with Gasteiger partial charge in [-0.2, -0.15) is 0 Å². The van der Waals surface area contributed by atoms with Crippen LogP contribution in [0.15, 0.2) is 0 Å². The van der Waals surface area contributed by atoms with Gasteiger partial charge in [0.25, 0.3) is 0 Å². The Balaban J connectivity index is -0.000000233. The standard InChI is InChI=1S/C4H6O6.2HO3P/c5-1(3(7)8)2(6)4(9)10;2*1-4(2)3/h1-2,5-6H,(H,7,8)(H,9,10);2*(H-,1,2,3)/p+2. The summed E-state index contributed by atoms with van der Waals surface area (Å²) in [6, 6.07) is 0. The van der Waals surface area contributed by atoms with Gasteiger partial charge in [0.1, 0.15) is 0 Å². The van der Waals surface area contributed by atoms with Crippen molar-refractivity contribution in [2.24, 2.45) is 0 Å². The topological polar surface area (TPSA) is 230 Å². The molecule has 0 saturated carbocycles. The van der Waals surface area contributed by atoms with E-state index >= 15 is 0 Å². The van der Waals surface area contributed by atoms with Crippen LogP contribution in [0.5, 0.6) is 0 Å². The van der Waals surface area contributed by atoms with Gasteiger partial charge in [0.2, 0.25) is 0 Å². The Morgan fingerprint density at radius 2 is 0.833 bits per heavy atom.